The summed E-state index contributed by atoms with van der Waals surface area (Å²) in [6.07, 6.45) is 4.19. The van der Waals surface area contributed by atoms with E-state index >= 15 is 0 Å². The Labute approximate surface area is 221 Å². The van der Waals surface area contributed by atoms with Crippen LogP contribution in [-0.4, -0.2) is 60.4 Å². The standard InChI is InChI=1S/C21H24FN3.C9H8O4/c1-25-10-7-19(8-11-25)24-14-18-13-15(2-4-20(18)22)16-3-5-21-17(12-16)6-9-23-21;10-9(11)6-1-2-7-8(5-6)13-4-3-12-7/h2-6,9,12-13,19,23-24H,7-8,10-11,14H2,1H3;1-2,5H,3-4H2,(H,10,11). The van der Waals surface area contributed by atoms with Crippen molar-refractivity contribution in [2.24, 2.45) is 0 Å². The van der Waals surface area contributed by atoms with Gasteiger partial charge in [0.25, 0.3) is 0 Å². The van der Waals surface area contributed by atoms with E-state index in [1.165, 1.54) is 17.5 Å². The van der Waals surface area contributed by atoms with Crippen molar-refractivity contribution >= 4 is 16.9 Å². The Morgan fingerprint density at radius 3 is 2.53 bits per heavy atom. The van der Waals surface area contributed by atoms with Crippen LogP contribution in [0.15, 0.2) is 66.9 Å². The van der Waals surface area contributed by atoms with Crippen LogP contribution in [0.5, 0.6) is 11.5 Å². The highest BCUT2D eigenvalue weighted by atomic mass is 19.1. The number of aromatic nitrogens is 1. The van der Waals surface area contributed by atoms with Crippen molar-refractivity contribution in [2.45, 2.75) is 25.4 Å². The van der Waals surface area contributed by atoms with Gasteiger partial charge in [0.2, 0.25) is 0 Å². The van der Waals surface area contributed by atoms with Gasteiger partial charge in [-0.1, -0.05) is 12.1 Å². The number of piperidine rings is 1. The van der Waals surface area contributed by atoms with Crippen molar-refractivity contribution in [2.75, 3.05) is 33.4 Å². The summed E-state index contributed by atoms with van der Waals surface area (Å²) in [5.74, 6) is 0.0197. The molecule has 0 amide bonds. The van der Waals surface area contributed by atoms with Gasteiger partial charge in [0.15, 0.2) is 11.5 Å². The second-order valence-corrected chi connectivity index (χ2v) is 9.71. The molecule has 0 atom stereocenters. The number of carboxylic acid groups (broad SMARTS) is 1. The predicted octanol–water partition coefficient (Wildman–Crippen LogP) is 5.31. The molecule has 1 aromatic heterocycles. The highest BCUT2D eigenvalue weighted by Crippen LogP contribution is 2.30. The van der Waals surface area contributed by atoms with Gasteiger partial charge < -0.3 is 29.8 Å². The van der Waals surface area contributed by atoms with E-state index in [0.717, 1.165) is 48.1 Å². The number of rotatable bonds is 5. The molecule has 3 aromatic carbocycles. The highest BCUT2D eigenvalue weighted by molar-refractivity contribution is 5.88. The molecule has 4 aromatic rings. The lowest BCUT2D eigenvalue weighted by atomic mass is 10.0. The van der Waals surface area contributed by atoms with E-state index in [4.69, 9.17) is 14.6 Å². The van der Waals surface area contributed by atoms with Crippen LogP contribution in [0.3, 0.4) is 0 Å². The van der Waals surface area contributed by atoms with Gasteiger partial charge in [-0.05, 0) is 98.0 Å². The van der Waals surface area contributed by atoms with Gasteiger partial charge in [0.05, 0.1) is 5.56 Å². The average molecular weight is 518 g/mol. The van der Waals surface area contributed by atoms with Crippen molar-refractivity contribution in [1.29, 1.82) is 0 Å². The van der Waals surface area contributed by atoms with Crippen molar-refractivity contribution in [3.05, 3.63) is 83.8 Å². The first-order valence-corrected chi connectivity index (χ1v) is 12.9. The maximum absolute atomic E-state index is 14.3. The number of aromatic amines is 1. The number of benzene rings is 3. The van der Waals surface area contributed by atoms with Crippen LogP contribution in [0.1, 0.15) is 28.8 Å². The summed E-state index contributed by atoms with van der Waals surface area (Å²) in [6.45, 7) is 3.78. The number of likely N-dealkylation sites (tertiary alicyclic amines) is 1. The number of ether oxygens (including phenoxy) is 2. The Bertz CT molecular complexity index is 1410. The first kappa shape index (κ1) is 25.8. The third-order valence-electron chi connectivity index (χ3n) is 7.02. The molecule has 0 radical (unpaired) electrons. The fourth-order valence-corrected chi connectivity index (χ4v) is 4.77. The number of nitrogens with one attached hydrogen (secondary N) is 2. The van der Waals surface area contributed by atoms with Gasteiger partial charge in [-0.3, -0.25) is 0 Å². The molecule has 6 rings (SSSR count). The van der Waals surface area contributed by atoms with Gasteiger partial charge in [-0.25, -0.2) is 9.18 Å². The molecule has 2 aliphatic rings. The molecule has 0 bridgehead atoms. The fraction of sp³-hybridized carbons (Fsp3) is 0.300. The Morgan fingerprint density at radius 2 is 1.74 bits per heavy atom. The zero-order valence-electron chi connectivity index (χ0n) is 21.4. The maximum Gasteiger partial charge on any atom is 0.335 e. The number of carboxylic acids is 1. The van der Waals surface area contributed by atoms with E-state index in [-0.39, 0.29) is 11.4 Å². The van der Waals surface area contributed by atoms with Gasteiger partial charge in [-0.15, -0.1) is 0 Å². The third kappa shape index (κ3) is 6.15. The van der Waals surface area contributed by atoms with Crippen LogP contribution < -0.4 is 14.8 Å². The summed E-state index contributed by atoms with van der Waals surface area (Å²) in [6, 6.07) is 18.8. The molecule has 1 saturated heterocycles. The number of H-pyrrole nitrogens is 1. The number of nitrogens with zero attached hydrogens (tertiary/aromatic N) is 1. The number of carbonyl (C=O) groups is 1. The van der Waals surface area contributed by atoms with Crippen molar-refractivity contribution in [3.8, 4) is 22.6 Å². The van der Waals surface area contributed by atoms with E-state index in [0.29, 0.717) is 37.3 Å². The summed E-state index contributed by atoms with van der Waals surface area (Å²) < 4.78 is 24.7. The second-order valence-electron chi connectivity index (χ2n) is 9.71. The lowest BCUT2D eigenvalue weighted by Gasteiger charge is -2.29. The highest BCUT2D eigenvalue weighted by Gasteiger charge is 2.17. The minimum Gasteiger partial charge on any atom is -0.486 e. The molecule has 198 valence electrons. The smallest absolute Gasteiger partial charge is 0.335 e. The molecule has 1 fully saturated rings. The van der Waals surface area contributed by atoms with Gasteiger partial charge >= 0.3 is 5.97 Å². The van der Waals surface area contributed by atoms with Crippen molar-refractivity contribution < 1.29 is 23.8 Å². The summed E-state index contributed by atoms with van der Waals surface area (Å²) >= 11 is 0. The summed E-state index contributed by atoms with van der Waals surface area (Å²) in [5, 5.41) is 13.4. The van der Waals surface area contributed by atoms with Gasteiger partial charge in [0, 0.05) is 29.9 Å². The molecular formula is C30H32FN3O4. The average Bonchev–Trinajstić information content (AvgIpc) is 3.42. The summed E-state index contributed by atoms with van der Waals surface area (Å²) in [7, 11) is 2.15. The van der Waals surface area contributed by atoms with E-state index in [1.54, 1.807) is 12.1 Å². The molecule has 8 heteroatoms. The van der Waals surface area contributed by atoms with Crippen LogP contribution in [0.4, 0.5) is 4.39 Å². The lowest BCUT2D eigenvalue weighted by Crippen LogP contribution is -2.40. The molecular weight excluding hydrogens is 485 g/mol. The number of halogens is 1. The largest absolute Gasteiger partial charge is 0.486 e. The van der Waals surface area contributed by atoms with Crippen molar-refractivity contribution in [1.82, 2.24) is 15.2 Å². The molecule has 3 N–H and O–H groups in total. The van der Waals surface area contributed by atoms with Crippen LogP contribution in [0.2, 0.25) is 0 Å². The Balaban J connectivity index is 0.000000190. The Kier molecular flexibility index (Phi) is 7.91. The van der Waals surface area contributed by atoms with Crippen LogP contribution in [0, 0.1) is 5.82 Å². The molecule has 0 saturated carbocycles. The first-order chi connectivity index (χ1) is 18.5. The summed E-state index contributed by atoms with van der Waals surface area (Å²) in [5.41, 5.74) is 4.25. The molecule has 7 nitrogen and oxygen atoms in total. The van der Waals surface area contributed by atoms with E-state index in [2.05, 4.69) is 46.5 Å². The predicted molar refractivity (Wildman–Crippen MR) is 145 cm³/mol. The topological polar surface area (TPSA) is 86.8 Å². The van der Waals surface area contributed by atoms with Crippen LogP contribution in [0.25, 0.3) is 22.0 Å². The number of fused-ring (bicyclic) bond motifs is 2. The van der Waals surface area contributed by atoms with Crippen LogP contribution >= 0.6 is 0 Å². The Morgan fingerprint density at radius 1 is 1.00 bits per heavy atom. The quantitative estimate of drug-likeness (QED) is 0.333. The van der Waals surface area contributed by atoms with E-state index in [9.17, 15) is 9.18 Å². The monoisotopic (exact) mass is 517 g/mol. The molecule has 0 spiro atoms. The summed E-state index contributed by atoms with van der Waals surface area (Å²) in [4.78, 5) is 16.1. The fourth-order valence-electron chi connectivity index (χ4n) is 4.77. The minimum atomic E-state index is -0.961. The van der Waals surface area contributed by atoms with Gasteiger partial charge in [0.1, 0.15) is 19.0 Å². The van der Waals surface area contributed by atoms with E-state index < -0.39 is 5.97 Å². The maximum atomic E-state index is 14.3. The Hall–Kier alpha value is -3.88. The molecule has 38 heavy (non-hydrogen) atoms. The normalized spacial score (nSPS) is 15.6. The third-order valence-corrected chi connectivity index (χ3v) is 7.02. The van der Waals surface area contributed by atoms with E-state index in [1.807, 2.05) is 18.3 Å². The number of aromatic carboxylic acids is 1. The van der Waals surface area contributed by atoms with Crippen LogP contribution in [-0.2, 0) is 6.54 Å². The number of hydrogen-bond acceptors (Lipinski definition) is 5. The van der Waals surface area contributed by atoms with Gasteiger partial charge in [-0.2, -0.15) is 0 Å². The second kappa shape index (κ2) is 11.7. The number of hydrogen-bond donors (Lipinski definition) is 3. The SMILES string of the molecule is CN1CCC(NCc2cc(-c3ccc4[nH]ccc4c3)ccc2F)CC1.O=C(O)c1ccc2c(c1)OCCO2. The molecule has 2 aliphatic heterocycles. The lowest BCUT2D eigenvalue weighted by molar-refractivity contribution is 0.0695. The minimum absolute atomic E-state index is 0.133. The molecule has 0 unspecified atom stereocenters. The zero-order valence-corrected chi connectivity index (χ0v) is 21.4. The van der Waals surface area contributed by atoms with Crippen molar-refractivity contribution in [3.63, 3.8) is 0 Å². The molecule has 0 aliphatic carbocycles. The zero-order chi connectivity index (χ0) is 26.5. The molecule has 3 heterocycles. The first-order valence-electron chi connectivity index (χ1n) is 12.9.